The molecule has 0 spiro atoms. The lowest BCUT2D eigenvalue weighted by Crippen LogP contribution is -2.50. The summed E-state index contributed by atoms with van der Waals surface area (Å²) < 4.78 is 0. The van der Waals surface area contributed by atoms with Crippen LogP contribution < -0.4 is 5.32 Å². The molecule has 2 saturated heterocycles. The van der Waals surface area contributed by atoms with E-state index in [2.05, 4.69) is 15.1 Å². The first-order chi connectivity index (χ1) is 10.6. The van der Waals surface area contributed by atoms with E-state index in [-0.39, 0.29) is 23.0 Å². The molecule has 0 amide bonds. The van der Waals surface area contributed by atoms with Crippen LogP contribution in [0.2, 0.25) is 0 Å². The Morgan fingerprint density at radius 1 is 1.30 bits per heavy atom. The smallest absolute Gasteiger partial charge is 0.272 e. The third-order valence-corrected chi connectivity index (χ3v) is 4.97. The van der Waals surface area contributed by atoms with Crippen LogP contribution in [0.3, 0.4) is 0 Å². The standard InChI is InChI=1S/C16H24N4O2.ClH/c1-13-14(3-2-4-16(13)20(21)22)12-18-7-9-19(10-8-18)15-5-6-17-11-15;/h2-4,15,17H,5-12H2,1H3;1H. The molecular formula is C16H25ClN4O2. The number of halogens is 1. The summed E-state index contributed by atoms with van der Waals surface area (Å²) in [5, 5.41) is 14.5. The Bertz CT molecular complexity index is 541. The van der Waals surface area contributed by atoms with E-state index in [1.165, 1.54) is 6.42 Å². The monoisotopic (exact) mass is 340 g/mol. The highest BCUT2D eigenvalue weighted by Crippen LogP contribution is 2.23. The molecule has 1 unspecified atom stereocenters. The quantitative estimate of drug-likeness (QED) is 0.669. The van der Waals surface area contributed by atoms with Crippen LogP contribution >= 0.6 is 12.4 Å². The maximum absolute atomic E-state index is 11.0. The van der Waals surface area contributed by atoms with Crippen LogP contribution in [0.1, 0.15) is 17.5 Å². The second-order valence-corrected chi connectivity index (χ2v) is 6.28. The third kappa shape index (κ3) is 4.20. The van der Waals surface area contributed by atoms with Crippen LogP contribution in [0.5, 0.6) is 0 Å². The topological polar surface area (TPSA) is 61.6 Å². The summed E-state index contributed by atoms with van der Waals surface area (Å²) in [6.07, 6.45) is 1.25. The van der Waals surface area contributed by atoms with Crippen LogP contribution in [0.25, 0.3) is 0 Å². The highest BCUT2D eigenvalue weighted by atomic mass is 35.5. The molecule has 2 aliphatic heterocycles. The van der Waals surface area contributed by atoms with Gasteiger partial charge in [0.05, 0.1) is 4.92 Å². The minimum atomic E-state index is -0.288. The van der Waals surface area contributed by atoms with Crippen molar-refractivity contribution in [1.82, 2.24) is 15.1 Å². The minimum absolute atomic E-state index is 0. The molecule has 2 aliphatic rings. The number of hydrogen-bond acceptors (Lipinski definition) is 5. The number of nitrogens with zero attached hydrogens (tertiary/aromatic N) is 3. The van der Waals surface area contributed by atoms with Gasteiger partial charge in [-0.15, -0.1) is 12.4 Å². The molecule has 2 heterocycles. The fourth-order valence-corrected chi connectivity index (χ4v) is 3.52. The van der Waals surface area contributed by atoms with Gasteiger partial charge in [-0.2, -0.15) is 0 Å². The SMILES string of the molecule is Cc1c(CN2CCN(C3CCNC3)CC2)cccc1[N+](=O)[O-].Cl. The van der Waals surface area contributed by atoms with Crippen molar-refractivity contribution in [2.75, 3.05) is 39.3 Å². The van der Waals surface area contributed by atoms with E-state index < -0.39 is 0 Å². The highest BCUT2D eigenvalue weighted by Gasteiger charge is 2.26. The Balaban J connectivity index is 0.00000192. The molecule has 1 aromatic carbocycles. The summed E-state index contributed by atoms with van der Waals surface area (Å²) >= 11 is 0. The molecule has 1 aromatic rings. The lowest BCUT2D eigenvalue weighted by atomic mass is 10.1. The molecule has 23 heavy (non-hydrogen) atoms. The van der Waals surface area contributed by atoms with Gasteiger partial charge in [0.1, 0.15) is 0 Å². The van der Waals surface area contributed by atoms with E-state index >= 15 is 0 Å². The van der Waals surface area contributed by atoms with Crippen molar-refractivity contribution in [2.24, 2.45) is 0 Å². The maximum Gasteiger partial charge on any atom is 0.272 e. The van der Waals surface area contributed by atoms with Gasteiger partial charge in [-0.3, -0.25) is 19.9 Å². The lowest BCUT2D eigenvalue weighted by molar-refractivity contribution is -0.385. The maximum atomic E-state index is 11.0. The number of nitro benzene ring substituents is 1. The van der Waals surface area contributed by atoms with Crippen LogP contribution in [0.15, 0.2) is 18.2 Å². The van der Waals surface area contributed by atoms with Gasteiger partial charge in [0, 0.05) is 56.9 Å². The summed E-state index contributed by atoms with van der Waals surface area (Å²) in [5.41, 5.74) is 2.10. The first-order valence-corrected chi connectivity index (χ1v) is 8.05. The fourth-order valence-electron chi connectivity index (χ4n) is 3.52. The number of benzene rings is 1. The van der Waals surface area contributed by atoms with Crippen molar-refractivity contribution in [3.8, 4) is 0 Å². The predicted molar refractivity (Wildman–Crippen MR) is 93.2 cm³/mol. The summed E-state index contributed by atoms with van der Waals surface area (Å²) in [5.74, 6) is 0. The van der Waals surface area contributed by atoms with Crippen LogP contribution in [-0.2, 0) is 6.54 Å². The Morgan fingerprint density at radius 3 is 2.65 bits per heavy atom. The molecule has 6 nitrogen and oxygen atoms in total. The van der Waals surface area contributed by atoms with Gasteiger partial charge in [-0.1, -0.05) is 12.1 Å². The van der Waals surface area contributed by atoms with Crippen LogP contribution in [0.4, 0.5) is 5.69 Å². The Kier molecular flexibility index (Phi) is 6.35. The van der Waals surface area contributed by atoms with E-state index in [0.717, 1.165) is 56.9 Å². The minimum Gasteiger partial charge on any atom is -0.315 e. The van der Waals surface area contributed by atoms with Crippen molar-refractivity contribution in [2.45, 2.75) is 25.9 Å². The van der Waals surface area contributed by atoms with Gasteiger partial charge >= 0.3 is 0 Å². The van der Waals surface area contributed by atoms with E-state index in [9.17, 15) is 10.1 Å². The summed E-state index contributed by atoms with van der Waals surface area (Å²) in [6, 6.07) is 6.09. The number of piperazine rings is 1. The second-order valence-electron chi connectivity index (χ2n) is 6.28. The van der Waals surface area contributed by atoms with Crippen LogP contribution in [-0.4, -0.2) is 60.0 Å². The van der Waals surface area contributed by atoms with Crippen molar-refractivity contribution >= 4 is 18.1 Å². The Hall–Kier alpha value is -1.21. The summed E-state index contributed by atoms with van der Waals surface area (Å²) in [7, 11) is 0. The molecule has 0 radical (unpaired) electrons. The highest BCUT2D eigenvalue weighted by molar-refractivity contribution is 5.85. The molecule has 0 aromatic heterocycles. The Morgan fingerprint density at radius 2 is 2.04 bits per heavy atom. The van der Waals surface area contributed by atoms with E-state index in [0.29, 0.717) is 6.04 Å². The van der Waals surface area contributed by atoms with E-state index in [4.69, 9.17) is 0 Å². The van der Waals surface area contributed by atoms with Crippen molar-refractivity contribution in [3.63, 3.8) is 0 Å². The molecular weight excluding hydrogens is 316 g/mol. The number of rotatable bonds is 4. The normalized spacial score (nSPS) is 22.7. The van der Waals surface area contributed by atoms with Gasteiger partial charge in [-0.25, -0.2) is 0 Å². The van der Waals surface area contributed by atoms with E-state index in [1.807, 2.05) is 13.0 Å². The molecule has 1 N–H and O–H groups in total. The number of hydrogen-bond donors (Lipinski definition) is 1. The second kappa shape index (κ2) is 8.06. The first kappa shape index (κ1) is 18.1. The van der Waals surface area contributed by atoms with Gasteiger partial charge in [0.15, 0.2) is 0 Å². The molecule has 0 saturated carbocycles. The molecule has 0 aliphatic carbocycles. The van der Waals surface area contributed by atoms with Crippen molar-refractivity contribution in [1.29, 1.82) is 0 Å². The zero-order valence-electron chi connectivity index (χ0n) is 13.5. The van der Waals surface area contributed by atoms with Crippen molar-refractivity contribution in [3.05, 3.63) is 39.4 Å². The summed E-state index contributed by atoms with van der Waals surface area (Å²) in [4.78, 5) is 15.7. The number of nitro groups is 1. The average Bonchev–Trinajstić information content (AvgIpc) is 3.04. The average molecular weight is 341 g/mol. The molecule has 1 atom stereocenters. The largest absolute Gasteiger partial charge is 0.315 e. The van der Waals surface area contributed by atoms with Gasteiger partial charge < -0.3 is 5.32 Å². The van der Waals surface area contributed by atoms with Crippen LogP contribution in [0, 0.1) is 17.0 Å². The zero-order valence-corrected chi connectivity index (χ0v) is 14.3. The van der Waals surface area contributed by atoms with E-state index in [1.54, 1.807) is 12.1 Å². The van der Waals surface area contributed by atoms with Gasteiger partial charge in [0.2, 0.25) is 0 Å². The third-order valence-electron chi connectivity index (χ3n) is 4.97. The lowest BCUT2D eigenvalue weighted by Gasteiger charge is -2.38. The fraction of sp³-hybridized carbons (Fsp3) is 0.625. The molecule has 7 heteroatoms. The number of nitrogens with one attached hydrogen (secondary N) is 1. The molecule has 3 rings (SSSR count). The Labute approximate surface area is 143 Å². The van der Waals surface area contributed by atoms with Gasteiger partial charge in [-0.05, 0) is 25.5 Å². The van der Waals surface area contributed by atoms with Gasteiger partial charge in [0.25, 0.3) is 5.69 Å². The molecule has 0 bridgehead atoms. The zero-order chi connectivity index (χ0) is 15.5. The first-order valence-electron chi connectivity index (χ1n) is 8.05. The molecule has 128 valence electrons. The summed E-state index contributed by atoms with van der Waals surface area (Å²) in [6.45, 7) is 9.19. The molecule has 2 fully saturated rings. The predicted octanol–water partition coefficient (Wildman–Crippen LogP) is 1.80. The van der Waals surface area contributed by atoms with Crippen molar-refractivity contribution < 1.29 is 4.92 Å².